The first kappa shape index (κ1) is 13.6. The monoisotopic (exact) mass is 257 g/mol. The lowest BCUT2D eigenvalue weighted by atomic mass is 9.99. The Balaban J connectivity index is 1.73. The molecular formula is C15H19N3O. The summed E-state index contributed by atoms with van der Waals surface area (Å²) < 4.78 is 0. The van der Waals surface area contributed by atoms with E-state index in [9.17, 15) is 4.79 Å². The van der Waals surface area contributed by atoms with Crippen molar-refractivity contribution in [3.8, 4) is 6.07 Å². The molecule has 1 aliphatic heterocycles. The number of rotatable bonds is 4. The van der Waals surface area contributed by atoms with Crippen LogP contribution < -0.4 is 10.6 Å². The zero-order valence-corrected chi connectivity index (χ0v) is 11.0. The van der Waals surface area contributed by atoms with E-state index in [1.54, 1.807) is 0 Å². The van der Waals surface area contributed by atoms with Gasteiger partial charge in [0.15, 0.2) is 0 Å². The van der Waals surface area contributed by atoms with Crippen LogP contribution >= 0.6 is 0 Å². The van der Waals surface area contributed by atoms with E-state index in [0.29, 0.717) is 12.1 Å². The first-order valence-electron chi connectivity index (χ1n) is 6.77. The Morgan fingerprint density at radius 1 is 1.42 bits per heavy atom. The van der Waals surface area contributed by atoms with Crippen molar-refractivity contribution in [2.45, 2.75) is 19.3 Å². The number of benzene rings is 1. The molecule has 0 spiro atoms. The molecule has 0 saturated carbocycles. The second kappa shape index (κ2) is 6.91. The number of nitrogens with one attached hydrogen (secondary N) is 2. The molecule has 0 aromatic heterocycles. The van der Waals surface area contributed by atoms with Gasteiger partial charge < -0.3 is 10.6 Å². The second-order valence-electron chi connectivity index (χ2n) is 4.89. The highest BCUT2D eigenvalue weighted by atomic mass is 16.1. The Hall–Kier alpha value is -1.86. The van der Waals surface area contributed by atoms with E-state index in [4.69, 9.17) is 5.26 Å². The standard InChI is InChI=1S/C15H19N3O/c16-10-13-5-3-12(4-6-13)7-9-18-15(19)14-2-1-8-17-11-14/h3-6,14,17H,1-2,7-9,11H2,(H,18,19). The summed E-state index contributed by atoms with van der Waals surface area (Å²) in [6, 6.07) is 9.59. The van der Waals surface area contributed by atoms with Gasteiger partial charge in [-0.15, -0.1) is 0 Å². The number of nitrogens with zero attached hydrogens (tertiary/aromatic N) is 1. The maximum atomic E-state index is 11.9. The van der Waals surface area contributed by atoms with Gasteiger partial charge >= 0.3 is 0 Å². The molecule has 1 aromatic carbocycles. The molecule has 100 valence electrons. The number of nitriles is 1. The quantitative estimate of drug-likeness (QED) is 0.852. The molecule has 19 heavy (non-hydrogen) atoms. The summed E-state index contributed by atoms with van der Waals surface area (Å²) in [6.45, 7) is 2.47. The molecule has 1 saturated heterocycles. The van der Waals surface area contributed by atoms with E-state index in [2.05, 4.69) is 16.7 Å². The van der Waals surface area contributed by atoms with Crippen molar-refractivity contribution < 1.29 is 4.79 Å². The van der Waals surface area contributed by atoms with Gasteiger partial charge in [-0.05, 0) is 43.5 Å². The number of amides is 1. The minimum absolute atomic E-state index is 0.120. The largest absolute Gasteiger partial charge is 0.355 e. The zero-order chi connectivity index (χ0) is 13.5. The van der Waals surface area contributed by atoms with Crippen LogP contribution in [-0.4, -0.2) is 25.5 Å². The summed E-state index contributed by atoms with van der Waals surface area (Å²) >= 11 is 0. The van der Waals surface area contributed by atoms with Crippen LogP contribution in [0.15, 0.2) is 24.3 Å². The van der Waals surface area contributed by atoms with Crippen molar-refractivity contribution in [1.29, 1.82) is 5.26 Å². The van der Waals surface area contributed by atoms with Crippen LogP contribution in [0.1, 0.15) is 24.0 Å². The molecule has 4 nitrogen and oxygen atoms in total. The normalized spacial score (nSPS) is 18.6. The Labute approximate surface area is 113 Å². The van der Waals surface area contributed by atoms with Gasteiger partial charge in [-0.25, -0.2) is 0 Å². The Morgan fingerprint density at radius 2 is 2.21 bits per heavy atom. The molecule has 0 aliphatic carbocycles. The lowest BCUT2D eigenvalue weighted by molar-refractivity contribution is -0.125. The maximum Gasteiger partial charge on any atom is 0.224 e. The summed E-state index contributed by atoms with van der Waals surface area (Å²) in [5.41, 5.74) is 1.81. The highest BCUT2D eigenvalue weighted by Crippen LogP contribution is 2.09. The average Bonchev–Trinajstić information content (AvgIpc) is 2.49. The van der Waals surface area contributed by atoms with Crippen LogP contribution in [0, 0.1) is 17.2 Å². The van der Waals surface area contributed by atoms with Crippen LogP contribution in [-0.2, 0) is 11.2 Å². The summed E-state index contributed by atoms with van der Waals surface area (Å²) in [4.78, 5) is 11.9. The number of piperidine rings is 1. The fourth-order valence-electron chi connectivity index (χ4n) is 2.30. The molecule has 1 atom stereocenters. The van der Waals surface area contributed by atoms with Crippen LogP contribution in [0.5, 0.6) is 0 Å². The third kappa shape index (κ3) is 4.08. The molecule has 1 fully saturated rings. The molecule has 1 heterocycles. The van der Waals surface area contributed by atoms with E-state index in [-0.39, 0.29) is 11.8 Å². The number of hydrogen-bond acceptors (Lipinski definition) is 3. The SMILES string of the molecule is N#Cc1ccc(CCNC(=O)C2CCCNC2)cc1. The van der Waals surface area contributed by atoms with Crippen molar-refractivity contribution in [3.05, 3.63) is 35.4 Å². The van der Waals surface area contributed by atoms with E-state index < -0.39 is 0 Å². The molecule has 1 unspecified atom stereocenters. The van der Waals surface area contributed by atoms with E-state index in [1.165, 1.54) is 0 Å². The van der Waals surface area contributed by atoms with Gasteiger partial charge in [0, 0.05) is 13.1 Å². The van der Waals surface area contributed by atoms with Gasteiger partial charge in [0.1, 0.15) is 0 Å². The molecule has 1 aliphatic rings. The summed E-state index contributed by atoms with van der Waals surface area (Å²) in [6.07, 6.45) is 2.86. The summed E-state index contributed by atoms with van der Waals surface area (Å²) in [5, 5.41) is 14.9. The number of carbonyl (C=O) groups is 1. The molecule has 4 heteroatoms. The highest BCUT2D eigenvalue weighted by molar-refractivity contribution is 5.78. The third-order valence-electron chi connectivity index (χ3n) is 3.46. The molecular weight excluding hydrogens is 238 g/mol. The van der Waals surface area contributed by atoms with Gasteiger partial charge in [0.25, 0.3) is 0 Å². The van der Waals surface area contributed by atoms with Gasteiger partial charge in [-0.2, -0.15) is 5.26 Å². The highest BCUT2D eigenvalue weighted by Gasteiger charge is 2.19. The first-order valence-corrected chi connectivity index (χ1v) is 6.77. The molecule has 0 radical (unpaired) electrons. The van der Waals surface area contributed by atoms with Crippen LogP contribution in [0.4, 0.5) is 0 Å². The van der Waals surface area contributed by atoms with Gasteiger partial charge in [0.05, 0.1) is 17.6 Å². The lowest BCUT2D eigenvalue weighted by Gasteiger charge is -2.21. The molecule has 2 N–H and O–H groups in total. The van der Waals surface area contributed by atoms with E-state index in [0.717, 1.165) is 37.9 Å². The first-order chi connectivity index (χ1) is 9.29. The average molecular weight is 257 g/mol. The van der Waals surface area contributed by atoms with Crippen molar-refractivity contribution in [2.24, 2.45) is 5.92 Å². The molecule has 0 bridgehead atoms. The maximum absolute atomic E-state index is 11.9. The molecule has 1 aromatic rings. The lowest BCUT2D eigenvalue weighted by Crippen LogP contribution is -2.41. The van der Waals surface area contributed by atoms with E-state index >= 15 is 0 Å². The van der Waals surface area contributed by atoms with Crippen molar-refractivity contribution in [1.82, 2.24) is 10.6 Å². The van der Waals surface area contributed by atoms with Crippen LogP contribution in [0.25, 0.3) is 0 Å². The van der Waals surface area contributed by atoms with E-state index in [1.807, 2.05) is 24.3 Å². The molecule has 1 amide bonds. The summed E-state index contributed by atoms with van der Waals surface area (Å²) in [5.74, 6) is 0.274. The fraction of sp³-hybridized carbons (Fsp3) is 0.467. The predicted octanol–water partition coefficient (Wildman–Crippen LogP) is 1.22. The zero-order valence-electron chi connectivity index (χ0n) is 11.0. The van der Waals surface area contributed by atoms with Crippen molar-refractivity contribution >= 4 is 5.91 Å². The van der Waals surface area contributed by atoms with Gasteiger partial charge in [-0.1, -0.05) is 12.1 Å². The predicted molar refractivity (Wildman–Crippen MR) is 73.5 cm³/mol. The molecule has 2 rings (SSSR count). The minimum Gasteiger partial charge on any atom is -0.355 e. The Morgan fingerprint density at radius 3 is 2.84 bits per heavy atom. The fourth-order valence-corrected chi connectivity index (χ4v) is 2.30. The van der Waals surface area contributed by atoms with Gasteiger partial charge in [0.2, 0.25) is 5.91 Å². The minimum atomic E-state index is 0.120. The van der Waals surface area contributed by atoms with Crippen LogP contribution in [0.3, 0.4) is 0 Å². The third-order valence-corrected chi connectivity index (χ3v) is 3.46. The summed E-state index contributed by atoms with van der Waals surface area (Å²) in [7, 11) is 0. The van der Waals surface area contributed by atoms with Gasteiger partial charge in [-0.3, -0.25) is 4.79 Å². The second-order valence-corrected chi connectivity index (χ2v) is 4.89. The Bertz CT molecular complexity index is 455. The number of carbonyl (C=O) groups excluding carboxylic acids is 1. The van der Waals surface area contributed by atoms with Crippen LogP contribution in [0.2, 0.25) is 0 Å². The Kier molecular flexibility index (Phi) is 4.93. The number of hydrogen-bond donors (Lipinski definition) is 2. The topological polar surface area (TPSA) is 64.9 Å². The van der Waals surface area contributed by atoms with Crippen molar-refractivity contribution in [3.63, 3.8) is 0 Å². The van der Waals surface area contributed by atoms with Crippen molar-refractivity contribution in [2.75, 3.05) is 19.6 Å². The smallest absolute Gasteiger partial charge is 0.224 e.